The van der Waals surface area contributed by atoms with Crippen molar-refractivity contribution < 1.29 is 19.2 Å². The molecule has 37 heavy (non-hydrogen) atoms. The number of halogens is 2. The molecule has 3 amide bonds. The molecule has 1 saturated carbocycles. The molecule has 7 nitrogen and oxygen atoms in total. The third kappa shape index (κ3) is 7.33. The van der Waals surface area contributed by atoms with Crippen molar-refractivity contribution >= 4 is 52.4 Å². The van der Waals surface area contributed by atoms with Gasteiger partial charge in [-0.3, -0.25) is 19.2 Å². The Labute approximate surface area is 227 Å². The van der Waals surface area contributed by atoms with Crippen LogP contribution in [0.1, 0.15) is 61.9 Å². The standard InChI is InChI=1S/C28H33Cl2N3O4/c1-18(34)24(32-27(37)28(13-4-5-14-28)15-16-33(3)19(2)35)17-20-9-11-21(12-10-20)31-26(36)25-22(29)7-6-8-23(25)30/h6-12,24H,4-5,13-17H2,1-3H3,(H,31,36)(H,32,37). The fourth-order valence-corrected chi connectivity index (χ4v) is 5.23. The van der Waals surface area contributed by atoms with Crippen molar-refractivity contribution in [1.82, 2.24) is 10.2 Å². The zero-order chi connectivity index (χ0) is 27.2. The predicted octanol–water partition coefficient (Wildman–Crippen LogP) is 5.29. The summed E-state index contributed by atoms with van der Waals surface area (Å²) in [7, 11) is 1.73. The van der Waals surface area contributed by atoms with E-state index >= 15 is 0 Å². The second kappa shape index (κ2) is 12.6. The van der Waals surface area contributed by atoms with Crippen molar-refractivity contribution in [3.63, 3.8) is 0 Å². The Kier molecular flexibility index (Phi) is 9.74. The third-order valence-electron chi connectivity index (χ3n) is 7.14. The van der Waals surface area contributed by atoms with Crippen molar-refractivity contribution in [2.75, 3.05) is 18.9 Å². The zero-order valence-corrected chi connectivity index (χ0v) is 22.9. The van der Waals surface area contributed by atoms with E-state index in [1.807, 2.05) is 0 Å². The highest BCUT2D eigenvalue weighted by atomic mass is 35.5. The van der Waals surface area contributed by atoms with Gasteiger partial charge in [-0.1, -0.05) is 54.2 Å². The van der Waals surface area contributed by atoms with E-state index in [1.54, 1.807) is 54.4 Å². The first kappa shape index (κ1) is 28.7. The lowest BCUT2D eigenvalue weighted by atomic mass is 9.81. The van der Waals surface area contributed by atoms with Crippen LogP contribution in [0.4, 0.5) is 5.69 Å². The number of carbonyl (C=O) groups is 4. The predicted molar refractivity (Wildman–Crippen MR) is 146 cm³/mol. The molecule has 9 heteroatoms. The van der Waals surface area contributed by atoms with Gasteiger partial charge in [0.05, 0.1) is 27.1 Å². The monoisotopic (exact) mass is 545 g/mol. The molecule has 0 spiro atoms. The molecule has 0 radical (unpaired) electrons. The Morgan fingerprint density at radius 1 is 0.973 bits per heavy atom. The first-order chi connectivity index (χ1) is 17.5. The number of hydrogen-bond acceptors (Lipinski definition) is 4. The number of nitrogens with zero attached hydrogens (tertiary/aromatic N) is 1. The van der Waals surface area contributed by atoms with Crippen molar-refractivity contribution in [3.05, 3.63) is 63.6 Å². The minimum Gasteiger partial charge on any atom is -0.346 e. The fourth-order valence-electron chi connectivity index (χ4n) is 4.66. The molecule has 0 aliphatic heterocycles. The molecule has 0 heterocycles. The van der Waals surface area contributed by atoms with Crippen molar-refractivity contribution in [2.45, 2.75) is 58.4 Å². The smallest absolute Gasteiger partial charge is 0.258 e. The van der Waals surface area contributed by atoms with Crippen LogP contribution in [0.5, 0.6) is 0 Å². The highest BCUT2D eigenvalue weighted by Crippen LogP contribution is 2.41. The molecule has 1 atom stereocenters. The van der Waals surface area contributed by atoms with Gasteiger partial charge in [-0.2, -0.15) is 0 Å². The van der Waals surface area contributed by atoms with Crippen LogP contribution < -0.4 is 10.6 Å². The number of carbonyl (C=O) groups excluding carboxylic acids is 4. The van der Waals surface area contributed by atoms with E-state index in [9.17, 15) is 19.2 Å². The quantitative estimate of drug-likeness (QED) is 0.423. The first-order valence-corrected chi connectivity index (χ1v) is 13.2. The van der Waals surface area contributed by atoms with Crippen molar-refractivity contribution in [2.24, 2.45) is 5.41 Å². The molecule has 0 aromatic heterocycles. The Morgan fingerprint density at radius 2 is 1.57 bits per heavy atom. The van der Waals surface area contributed by atoms with Crippen LogP contribution >= 0.6 is 23.2 Å². The van der Waals surface area contributed by atoms with Gasteiger partial charge in [0, 0.05) is 26.2 Å². The maximum absolute atomic E-state index is 13.4. The molecule has 2 aromatic carbocycles. The Morgan fingerprint density at radius 3 is 2.11 bits per heavy atom. The lowest BCUT2D eigenvalue weighted by molar-refractivity contribution is -0.136. The molecule has 0 saturated heterocycles. The van der Waals surface area contributed by atoms with E-state index < -0.39 is 17.4 Å². The second-order valence-corrected chi connectivity index (χ2v) is 10.6. The Hall–Kier alpha value is -2.90. The number of hydrogen-bond donors (Lipinski definition) is 2. The molecule has 2 aromatic rings. The van der Waals surface area contributed by atoms with Crippen LogP contribution in [0.3, 0.4) is 0 Å². The van der Waals surface area contributed by atoms with Gasteiger partial charge in [-0.25, -0.2) is 0 Å². The highest BCUT2D eigenvalue weighted by Gasteiger charge is 2.42. The molecule has 1 fully saturated rings. The van der Waals surface area contributed by atoms with Gasteiger partial charge >= 0.3 is 0 Å². The lowest BCUT2D eigenvalue weighted by Gasteiger charge is -2.31. The molecule has 1 aliphatic carbocycles. The van der Waals surface area contributed by atoms with E-state index in [2.05, 4.69) is 10.6 Å². The van der Waals surface area contributed by atoms with Gasteiger partial charge in [0.25, 0.3) is 5.91 Å². The van der Waals surface area contributed by atoms with Gasteiger partial charge in [-0.15, -0.1) is 0 Å². The summed E-state index contributed by atoms with van der Waals surface area (Å²) in [5.41, 5.74) is 1.02. The van der Waals surface area contributed by atoms with E-state index in [-0.39, 0.29) is 33.2 Å². The topological polar surface area (TPSA) is 95.6 Å². The normalized spacial score (nSPS) is 15.1. The average molecular weight is 546 g/mol. The van der Waals surface area contributed by atoms with E-state index in [0.717, 1.165) is 31.2 Å². The van der Waals surface area contributed by atoms with Crippen molar-refractivity contribution in [1.29, 1.82) is 0 Å². The van der Waals surface area contributed by atoms with Gasteiger partial charge in [0.2, 0.25) is 11.8 Å². The third-order valence-corrected chi connectivity index (χ3v) is 7.77. The summed E-state index contributed by atoms with van der Waals surface area (Å²) in [6.07, 6.45) is 4.31. The summed E-state index contributed by atoms with van der Waals surface area (Å²) in [6.45, 7) is 3.48. The second-order valence-electron chi connectivity index (χ2n) is 9.77. The van der Waals surface area contributed by atoms with Crippen LogP contribution in [0.25, 0.3) is 0 Å². The van der Waals surface area contributed by atoms with Gasteiger partial charge in [0.1, 0.15) is 0 Å². The average Bonchev–Trinajstić information content (AvgIpc) is 3.33. The molecule has 2 N–H and O–H groups in total. The Balaban J connectivity index is 1.65. The maximum Gasteiger partial charge on any atom is 0.258 e. The number of rotatable bonds is 10. The number of anilines is 1. The lowest BCUT2D eigenvalue weighted by Crippen LogP contribution is -2.49. The van der Waals surface area contributed by atoms with E-state index in [0.29, 0.717) is 25.1 Å². The minimum absolute atomic E-state index is 0.0373. The molecule has 1 aliphatic rings. The summed E-state index contributed by atoms with van der Waals surface area (Å²) in [5.74, 6) is -0.713. The number of benzene rings is 2. The summed E-state index contributed by atoms with van der Waals surface area (Å²) in [5, 5.41) is 6.28. The molecule has 0 bridgehead atoms. The van der Waals surface area contributed by atoms with Crippen LogP contribution in [-0.2, 0) is 20.8 Å². The summed E-state index contributed by atoms with van der Waals surface area (Å²) in [6, 6.07) is 11.3. The van der Waals surface area contributed by atoms with Gasteiger partial charge in [-0.05, 0) is 62.4 Å². The van der Waals surface area contributed by atoms with E-state index in [1.165, 1.54) is 13.8 Å². The Bertz CT molecular complexity index is 1140. The summed E-state index contributed by atoms with van der Waals surface area (Å²) >= 11 is 12.2. The summed E-state index contributed by atoms with van der Waals surface area (Å²) in [4.78, 5) is 51.7. The highest BCUT2D eigenvalue weighted by molar-refractivity contribution is 6.40. The van der Waals surface area contributed by atoms with Crippen LogP contribution in [-0.4, -0.2) is 48.0 Å². The number of Topliss-reactive ketones (excluding diaryl/α,β-unsaturated/α-hetero) is 1. The summed E-state index contributed by atoms with van der Waals surface area (Å²) < 4.78 is 0. The van der Waals surface area contributed by atoms with Gasteiger partial charge < -0.3 is 15.5 Å². The molecule has 1 unspecified atom stereocenters. The zero-order valence-electron chi connectivity index (χ0n) is 21.4. The van der Waals surface area contributed by atoms with Gasteiger partial charge in [0.15, 0.2) is 5.78 Å². The molecule has 3 rings (SSSR count). The minimum atomic E-state index is -0.669. The van der Waals surface area contributed by atoms with E-state index in [4.69, 9.17) is 23.2 Å². The fraction of sp³-hybridized carbons (Fsp3) is 0.429. The van der Waals surface area contributed by atoms with Crippen molar-refractivity contribution in [3.8, 4) is 0 Å². The van der Waals surface area contributed by atoms with Crippen LogP contribution in [0.2, 0.25) is 10.0 Å². The molecular weight excluding hydrogens is 513 g/mol. The number of nitrogens with one attached hydrogen (secondary N) is 2. The number of ketones is 1. The first-order valence-electron chi connectivity index (χ1n) is 12.4. The van der Waals surface area contributed by atoms with Crippen LogP contribution in [0, 0.1) is 5.41 Å². The van der Waals surface area contributed by atoms with Crippen LogP contribution in [0.15, 0.2) is 42.5 Å². The molecular formula is C28H33Cl2N3O4. The number of amides is 3. The largest absolute Gasteiger partial charge is 0.346 e. The maximum atomic E-state index is 13.4. The SMILES string of the molecule is CC(=O)C(Cc1ccc(NC(=O)c2c(Cl)cccc2Cl)cc1)NC(=O)C1(CCN(C)C(C)=O)CCCC1. The molecule has 198 valence electrons.